The molecular weight excluding hydrogens is 293 g/mol. The lowest BCUT2D eigenvalue weighted by Gasteiger charge is -2.27. The molecule has 1 aromatic carbocycles. The first-order chi connectivity index (χ1) is 9.23. The molecule has 0 amide bonds. The SMILES string of the molecule is CCCC(SC(F)(F)F)(C(=O)O)C(=O)c1ccccc1. The van der Waals surface area contributed by atoms with Gasteiger partial charge in [0.2, 0.25) is 0 Å². The van der Waals surface area contributed by atoms with E-state index in [4.69, 9.17) is 0 Å². The van der Waals surface area contributed by atoms with Gasteiger partial charge >= 0.3 is 11.5 Å². The number of benzene rings is 1. The van der Waals surface area contributed by atoms with Gasteiger partial charge in [-0.3, -0.25) is 9.59 Å². The molecule has 7 heteroatoms. The summed E-state index contributed by atoms with van der Waals surface area (Å²) >= 11 is -0.764. The smallest absolute Gasteiger partial charge is 0.443 e. The van der Waals surface area contributed by atoms with E-state index in [0.29, 0.717) is 0 Å². The van der Waals surface area contributed by atoms with Crippen molar-refractivity contribution in [2.45, 2.75) is 30.0 Å². The van der Waals surface area contributed by atoms with Crippen LogP contribution in [0.2, 0.25) is 0 Å². The third-order valence-electron chi connectivity index (χ3n) is 2.64. The number of carboxylic acid groups (broad SMARTS) is 1. The van der Waals surface area contributed by atoms with Crippen molar-refractivity contribution in [3.63, 3.8) is 0 Å². The van der Waals surface area contributed by atoms with Gasteiger partial charge in [-0.25, -0.2) is 0 Å². The number of halogens is 3. The van der Waals surface area contributed by atoms with Gasteiger partial charge in [-0.1, -0.05) is 43.7 Å². The van der Waals surface area contributed by atoms with Gasteiger partial charge in [0.25, 0.3) is 0 Å². The van der Waals surface area contributed by atoms with Gasteiger partial charge in [0, 0.05) is 5.56 Å². The van der Waals surface area contributed by atoms with E-state index in [1.807, 2.05) is 0 Å². The Labute approximate surface area is 118 Å². The molecule has 1 rings (SSSR count). The normalized spacial score (nSPS) is 14.6. The fourth-order valence-electron chi connectivity index (χ4n) is 1.83. The van der Waals surface area contributed by atoms with Crippen molar-refractivity contribution in [3.05, 3.63) is 35.9 Å². The highest BCUT2D eigenvalue weighted by Gasteiger charge is 2.53. The van der Waals surface area contributed by atoms with Crippen LogP contribution in [0.3, 0.4) is 0 Å². The lowest BCUT2D eigenvalue weighted by molar-refractivity contribution is -0.139. The zero-order valence-electron chi connectivity index (χ0n) is 10.6. The predicted octanol–water partition coefficient (Wildman–Crippen LogP) is 3.75. The summed E-state index contributed by atoms with van der Waals surface area (Å²) in [5, 5.41) is 9.21. The molecule has 1 atom stereocenters. The van der Waals surface area contributed by atoms with E-state index in [9.17, 15) is 27.9 Å². The van der Waals surface area contributed by atoms with Crippen LogP contribution in [0.1, 0.15) is 30.1 Å². The third-order valence-corrected chi connectivity index (χ3v) is 3.78. The number of Topliss-reactive ketones (excluding diaryl/α,β-unsaturated/α-hetero) is 1. The maximum atomic E-state index is 12.7. The first kappa shape index (κ1) is 16.6. The van der Waals surface area contributed by atoms with Crippen molar-refractivity contribution in [3.8, 4) is 0 Å². The van der Waals surface area contributed by atoms with Crippen LogP contribution >= 0.6 is 11.8 Å². The molecule has 0 saturated carbocycles. The van der Waals surface area contributed by atoms with Crippen LogP contribution in [0.4, 0.5) is 13.2 Å². The number of hydrogen-bond donors (Lipinski definition) is 1. The molecule has 0 aromatic heterocycles. The van der Waals surface area contributed by atoms with Crippen molar-refractivity contribution >= 4 is 23.5 Å². The van der Waals surface area contributed by atoms with E-state index in [0.717, 1.165) is 0 Å². The summed E-state index contributed by atoms with van der Waals surface area (Å²) < 4.78 is 35.4. The predicted molar refractivity (Wildman–Crippen MR) is 69.7 cm³/mol. The summed E-state index contributed by atoms with van der Waals surface area (Å²) in [7, 11) is 0. The first-order valence-corrected chi connectivity index (χ1v) is 6.64. The second-order valence-electron chi connectivity index (χ2n) is 4.13. The monoisotopic (exact) mass is 306 g/mol. The standard InChI is InChI=1S/C13H13F3O3S/c1-2-8-12(11(18)19,20-13(14,15)16)10(17)9-6-4-3-5-7-9/h3-7H,2,8H2,1H3,(H,18,19). The Kier molecular flexibility index (Phi) is 5.21. The van der Waals surface area contributed by atoms with Crippen molar-refractivity contribution < 1.29 is 27.9 Å². The minimum atomic E-state index is -4.81. The lowest BCUT2D eigenvalue weighted by Crippen LogP contribution is -2.45. The summed E-state index contributed by atoms with van der Waals surface area (Å²) in [6, 6.07) is 7.17. The molecule has 0 aliphatic carbocycles. The van der Waals surface area contributed by atoms with Gasteiger partial charge in [0.05, 0.1) is 0 Å². The highest BCUT2D eigenvalue weighted by atomic mass is 32.2. The van der Waals surface area contributed by atoms with E-state index in [2.05, 4.69) is 0 Å². The number of rotatable bonds is 6. The Morgan fingerprint density at radius 2 is 1.75 bits per heavy atom. The number of alkyl halides is 3. The summed E-state index contributed by atoms with van der Waals surface area (Å²) in [5.41, 5.74) is -4.85. The zero-order chi connectivity index (χ0) is 15.4. The lowest BCUT2D eigenvalue weighted by atomic mass is 9.92. The third kappa shape index (κ3) is 3.75. The molecule has 0 fully saturated rings. The molecule has 1 N–H and O–H groups in total. The van der Waals surface area contributed by atoms with E-state index in [-0.39, 0.29) is 18.4 Å². The summed E-state index contributed by atoms with van der Waals surface area (Å²) in [6.45, 7) is 1.53. The maximum absolute atomic E-state index is 12.7. The molecule has 0 radical (unpaired) electrons. The molecular formula is C13H13F3O3S. The Hall–Kier alpha value is -1.50. The number of carbonyl (C=O) groups is 2. The summed E-state index contributed by atoms with van der Waals surface area (Å²) in [5.74, 6) is -2.80. The Morgan fingerprint density at radius 3 is 2.15 bits per heavy atom. The first-order valence-electron chi connectivity index (χ1n) is 5.83. The largest absolute Gasteiger partial charge is 0.480 e. The van der Waals surface area contributed by atoms with Crippen LogP contribution in [0, 0.1) is 0 Å². The maximum Gasteiger partial charge on any atom is 0.443 e. The van der Waals surface area contributed by atoms with Crippen LogP contribution in [0.5, 0.6) is 0 Å². The number of aliphatic carboxylic acids is 1. The molecule has 20 heavy (non-hydrogen) atoms. The van der Waals surface area contributed by atoms with Gasteiger partial charge in [-0.05, 0) is 18.2 Å². The quantitative estimate of drug-likeness (QED) is 0.642. The molecule has 1 unspecified atom stereocenters. The van der Waals surface area contributed by atoms with E-state index in [1.165, 1.54) is 31.2 Å². The number of carboxylic acids is 1. The number of carbonyl (C=O) groups excluding carboxylic acids is 1. The molecule has 3 nitrogen and oxygen atoms in total. The Morgan fingerprint density at radius 1 is 1.20 bits per heavy atom. The van der Waals surface area contributed by atoms with Crippen LogP contribution in [-0.4, -0.2) is 27.1 Å². The van der Waals surface area contributed by atoms with E-state index >= 15 is 0 Å². The van der Waals surface area contributed by atoms with Crippen molar-refractivity contribution in [1.82, 2.24) is 0 Å². The number of hydrogen-bond acceptors (Lipinski definition) is 3. The Balaban J connectivity index is 3.28. The van der Waals surface area contributed by atoms with Crippen molar-refractivity contribution in [2.75, 3.05) is 0 Å². The molecule has 0 spiro atoms. The fourth-order valence-corrected chi connectivity index (χ4v) is 2.83. The molecule has 0 bridgehead atoms. The van der Waals surface area contributed by atoms with Crippen molar-refractivity contribution in [2.24, 2.45) is 0 Å². The molecule has 0 aliphatic rings. The van der Waals surface area contributed by atoms with Crippen molar-refractivity contribution in [1.29, 1.82) is 0 Å². The zero-order valence-corrected chi connectivity index (χ0v) is 11.4. The average molecular weight is 306 g/mol. The van der Waals surface area contributed by atoms with Crippen LogP contribution in [-0.2, 0) is 4.79 Å². The number of ketones is 1. The number of thioether (sulfide) groups is 1. The highest BCUT2D eigenvalue weighted by Crippen LogP contribution is 2.45. The molecule has 110 valence electrons. The van der Waals surface area contributed by atoms with Gasteiger partial charge in [0.1, 0.15) is 0 Å². The van der Waals surface area contributed by atoms with E-state index < -0.39 is 33.8 Å². The van der Waals surface area contributed by atoms with Crippen LogP contribution in [0.25, 0.3) is 0 Å². The van der Waals surface area contributed by atoms with Crippen LogP contribution in [0.15, 0.2) is 30.3 Å². The van der Waals surface area contributed by atoms with Gasteiger partial charge < -0.3 is 5.11 Å². The second-order valence-corrected chi connectivity index (χ2v) is 5.49. The molecule has 0 saturated heterocycles. The highest BCUT2D eigenvalue weighted by molar-refractivity contribution is 8.03. The topological polar surface area (TPSA) is 54.4 Å². The molecule has 0 heterocycles. The van der Waals surface area contributed by atoms with Gasteiger partial charge in [0.15, 0.2) is 10.5 Å². The molecule has 1 aromatic rings. The van der Waals surface area contributed by atoms with E-state index in [1.54, 1.807) is 6.07 Å². The average Bonchev–Trinajstić information content (AvgIpc) is 2.36. The minimum Gasteiger partial charge on any atom is -0.480 e. The fraction of sp³-hybridized carbons (Fsp3) is 0.385. The second kappa shape index (κ2) is 6.30. The Bertz CT molecular complexity index is 487. The van der Waals surface area contributed by atoms with Gasteiger partial charge in [-0.15, -0.1) is 0 Å². The van der Waals surface area contributed by atoms with Gasteiger partial charge in [-0.2, -0.15) is 13.2 Å². The van der Waals surface area contributed by atoms with Crippen LogP contribution < -0.4 is 0 Å². The molecule has 0 aliphatic heterocycles. The minimum absolute atomic E-state index is 0.0416. The summed E-state index contributed by atoms with van der Waals surface area (Å²) in [4.78, 5) is 23.6. The summed E-state index contributed by atoms with van der Waals surface area (Å²) in [6.07, 6.45) is -0.242.